The maximum atomic E-state index is 13.9. The lowest BCUT2D eigenvalue weighted by Gasteiger charge is -2.37. The van der Waals surface area contributed by atoms with Crippen LogP contribution in [0.4, 0.5) is 10.1 Å². The Kier molecular flexibility index (Phi) is 6.88. The zero-order valence-electron chi connectivity index (χ0n) is 16.1. The highest BCUT2D eigenvalue weighted by Gasteiger charge is 2.25. The van der Waals surface area contributed by atoms with Gasteiger partial charge in [0.25, 0.3) is 0 Å². The number of benzene rings is 2. The summed E-state index contributed by atoms with van der Waals surface area (Å²) in [6.45, 7) is 5.82. The summed E-state index contributed by atoms with van der Waals surface area (Å²) in [6.07, 6.45) is 0. The van der Waals surface area contributed by atoms with Crippen molar-refractivity contribution in [2.24, 2.45) is 0 Å². The van der Waals surface area contributed by atoms with E-state index in [1.807, 2.05) is 13.0 Å². The topological polar surface area (TPSA) is 44.8 Å². The van der Waals surface area contributed by atoms with Gasteiger partial charge in [-0.25, -0.2) is 4.39 Å². The minimum atomic E-state index is -0.342. The molecule has 0 aromatic heterocycles. The highest BCUT2D eigenvalue weighted by atomic mass is 35.5. The first-order chi connectivity index (χ1) is 13.5. The van der Waals surface area contributed by atoms with Crippen LogP contribution >= 0.6 is 11.6 Å². The first-order valence-electron chi connectivity index (χ1n) is 9.31. The molecule has 2 aromatic rings. The van der Waals surface area contributed by atoms with Gasteiger partial charge in [-0.2, -0.15) is 0 Å². The third-order valence-electron chi connectivity index (χ3n) is 5.07. The summed E-state index contributed by atoms with van der Waals surface area (Å²) >= 11 is 5.88. The number of methoxy groups -OCH3 is 1. The molecule has 0 bridgehead atoms. The van der Waals surface area contributed by atoms with Gasteiger partial charge in [-0.05, 0) is 48.9 Å². The summed E-state index contributed by atoms with van der Waals surface area (Å²) in [5.74, 6) is -0.117. The molecule has 28 heavy (non-hydrogen) atoms. The Bertz CT molecular complexity index is 808. The summed E-state index contributed by atoms with van der Waals surface area (Å²) in [4.78, 5) is 16.9. The molecular weight excluding hydrogens is 381 g/mol. The first-order valence-corrected chi connectivity index (χ1v) is 9.69. The number of nitrogens with one attached hydrogen (secondary N) is 1. The number of hydrogen-bond donors (Lipinski definition) is 1. The number of carbonyl (C=O) groups is 1. The number of anilines is 1. The van der Waals surface area contributed by atoms with Crippen molar-refractivity contribution in [2.45, 2.75) is 19.5 Å². The zero-order valence-corrected chi connectivity index (χ0v) is 16.9. The Morgan fingerprint density at radius 3 is 2.46 bits per heavy atom. The molecule has 1 amide bonds. The van der Waals surface area contributed by atoms with E-state index >= 15 is 0 Å². The van der Waals surface area contributed by atoms with Gasteiger partial charge in [-0.3, -0.25) is 14.6 Å². The lowest BCUT2D eigenvalue weighted by atomic mass is 10.1. The number of ether oxygens (including phenoxy) is 1. The van der Waals surface area contributed by atoms with Gasteiger partial charge in [0.1, 0.15) is 0 Å². The van der Waals surface area contributed by atoms with Crippen LogP contribution in [-0.2, 0) is 11.3 Å². The van der Waals surface area contributed by atoms with Crippen LogP contribution in [0.25, 0.3) is 0 Å². The molecule has 0 aliphatic carbocycles. The van der Waals surface area contributed by atoms with Crippen molar-refractivity contribution in [2.75, 3.05) is 38.6 Å². The zero-order chi connectivity index (χ0) is 20.1. The average molecular weight is 406 g/mol. The molecule has 1 N–H and O–H groups in total. The molecule has 0 radical (unpaired) electrons. The predicted octanol–water partition coefficient (Wildman–Crippen LogP) is 3.63. The number of piperazine rings is 1. The van der Waals surface area contributed by atoms with Crippen LogP contribution in [0, 0.1) is 5.82 Å². The Labute approximate surface area is 170 Å². The van der Waals surface area contributed by atoms with E-state index in [1.54, 1.807) is 30.3 Å². The van der Waals surface area contributed by atoms with Crippen molar-refractivity contribution in [3.05, 3.63) is 58.9 Å². The molecular formula is C21H25ClFN3O2. The molecule has 0 spiro atoms. The number of rotatable bonds is 6. The quantitative estimate of drug-likeness (QED) is 0.797. The monoisotopic (exact) mass is 405 g/mol. The van der Waals surface area contributed by atoms with E-state index in [2.05, 4.69) is 15.1 Å². The summed E-state index contributed by atoms with van der Waals surface area (Å²) in [6, 6.07) is 11.9. The summed E-state index contributed by atoms with van der Waals surface area (Å²) in [7, 11) is 1.46. The smallest absolute Gasteiger partial charge is 0.241 e. The molecule has 2 aromatic carbocycles. The van der Waals surface area contributed by atoms with Crippen LogP contribution in [0.1, 0.15) is 12.5 Å². The van der Waals surface area contributed by atoms with Crippen molar-refractivity contribution >= 4 is 23.2 Å². The fourth-order valence-corrected chi connectivity index (χ4v) is 3.45. The second-order valence-corrected chi connectivity index (χ2v) is 7.39. The van der Waals surface area contributed by atoms with E-state index in [4.69, 9.17) is 16.3 Å². The molecule has 5 nitrogen and oxygen atoms in total. The van der Waals surface area contributed by atoms with Gasteiger partial charge in [-0.15, -0.1) is 0 Å². The van der Waals surface area contributed by atoms with E-state index in [0.717, 1.165) is 37.4 Å². The highest BCUT2D eigenvalue weighted by Crippen LogP contribution is 2.20. The van der Waals surface area contributed by atoms with Crippen molar-refractivity contribution in [3.8, 4) is 5.75 Å². The van der Waals surface area contributed by atoms with Crippen LogP contribution in [0.15, 0.2) is 42.5 Å². The molecule has 1 fully saturated rings. The second kappa shape index (κ2) is 9.37. The minimum absolute atomic E-state index is 0.0343. The van der Waals surface area contributed by atoms with Gasteiger partial charge < -0.3 is 10.1 Å². The Balaban J connectivity index is 1.49. The average Bonchev–Trinajstić information content (AvgIpc) is 2.70. The van der Waals surface area contributed by atoms with E-state index in [1.165, 1.54) is 13.2 Å². The van der Waals surface area contributed by atoms with Gasteiger partial charge in [0.05, 0.1) is 13.2 Å². The van der Waals surface area contributed by atoms with Gasteiger partial charge in [0, 0.05) is 43.4 Å². The molecule has 0 unspecified atom stereocenters. The highest BCUT2D eigenvalue weighted by molar-refractivity contribution is 6.30. The first kappa shape index (κ1) is 20.6. The number of hydrogen-bond acceptors (Lipinski definition) is 4. The maximum absolute atomic E-state index is 13.9. The summed E-state index contributed by atoms with van der Waals surface area (Å²) < 4.78 is 18.8. The maximum Gasteiger partial charge on any atom is 0.241 e. The Morgan fingerprint density at radius 1 is 1.18 bits per heavy atom. The lowest BCUT2D eigenvalue weighted by Crippen LogP contribution is -2.52. The van der Waals surface area contributed by atoms with E-state index in [-0.39, 0.29) is 23.5 Å². The van der Waals surface area contributed by atoms with Crippen molar-refractivity contribution < 1.29 is 13.9 Å². The van der Waals surface area contributed by atoms with E-state index in [9.17, 15) is 9.18 Å². The SMILES string of the molecule is COc1ccc(CN2CCN([C@H](C)C(=O)Nc3ccc(Cl)cc3)CC2)cc1F. The Hall–Kier alpha value is -2.15. The number of amides is 1. The van der Waals surface area contributed by atoms with Gasteiger partial charge in [0.15, 0.2) is 11.6 Å². The molecule has 1 heterocycles. The summed E-state index contributed by atoms with van der Waals surface area (Å²) in [5, 5.41) is 3.57. The van der Waals surface area contributed by atoms with Crippen LogP contribution in [-0.4, -0.2) is 55.0 Å². The number of halogens is 2. The number of carbonyl (C=O) groups excluding carboxylic acids is 1. The fraction of sp³-hybridized carbons (Fsp3) is 0.381. The molecule has 7 heteroatoms. The van der Waals surface area contributed by atoms with Crippen molar-refractivity contribution in [1.82, 2.24) is 9.80 Å². The molecule has 1 atom stereocenters. The van der Waals surface area contributed by atoms with Gasteiger partial charge in [-0.1, -0.05) is 17.7 Å². The minimum Gasteiger partial charge on any atom is -0.494 e. The largest absolute Gasteiger partial charge is 0.494 e. The van der Waals surface area contributed by atoms with Crippen molar-refractivity contribution in [3.63, 3.8) is 0 Å². The van der Waals surface area contributed by atoms with Crippen molar-refractivity contribution in [1.29, 1.82) is 0 Å². The van der Waals surface area contributed by atoms with Crippen LogP contribution in [0.3, 0.4) is 0 Å². The number of nitrogens with zero attached hydrogens (tertiary/aromatic N) is 2. The van der Waals surface area contributed by atoms with Gasteiger partial charge in [0.2, 0.25) is 5.91 Å². The Morgan fingerprint density at radius 2 is 1.86 bits per heavy atom. The molecule has 1 aliphatic rings. The molecule has 1 aliphatic heterocycles. The molecule has 3 rings (SSSR count). The third-order valence-corrected chi connectivity index (χ3v) is 5.32. The standard InChI is InChI=1S/C21H25ClFN3O2/c1-15(21(27)24-18-6-4-17(22)5-7-18)26-11-9-25(10-12-26)14-16-3-8-20(28-2)19(23)13-16/h3-8,13,15H,9-12,14H2,1-2H3,(H,24,27)/t15-/m1/s1. The predicted molar refractivity (Wildman–Crippen MR) is 109 cm³/mol. The van der Waals surface area contributed by atoms with Crippen LogP contribution in [0.2, 0.25) is 5.02 Å². The summed E-state index contributed by atoms with van der Waals surface area (Å²) in [5.41, 5.74) is 1.65. The molecule has 0 saturated carbocycles. The third kappa shape index (κ3) is 5.22. The van der Waals surface area contributed by atoms with Gasteiger partial charge >= 0.3 is 0 Å². The normalized spacial score (nSPS) is 16.6. The molecule has 150 valence electrons. The lowest BCUT2D eigenvalue weighted by molar-refractivity contribution is -0.121. The van der Waals surface area contributed by atoms with Crippen LogP contribution < -0.4 is 10.1 Å². The fourth-order valence-electron chi connectivity index (χ4n) is 3.32. The molecule has 1 saturated heterocycles. The van der Waals surface area contributed by atoms with Crippen LogP contribution in [0.5, 0.6) is 5.75 Å². The second-order valence-electron chi connectivity index (χ2n) is 6.95. The van der Waals surface area contributed by atoms with E-state index in [0.29, 0.717) is 11.6 Å². The van der Waals surface area contributed by atoms with E-state index < -0.39 is 0 Å².